The third-order valence-corrected chi connectivity index (χ3v) is 6.19. The SMILES string of the molecule is Cc1nn(C2NC(=O)CC(C)N2)c(C)c1CCC(=O)N1CCN(C(=O)c2ccco2)CC1. The van der Waals surface area contributed by atoms with E-state index in [1.54, 1.807) is 21.7 Å². The Hall–Kier alpha value is -3.14. The second-order valence-electron chi connectivity index (χ2n) is 8.49. The summed E-state index contributed by atoms with van der Waals surface area (Å²) in [6.45, 7) is 7.87. The highest BCUT2D eigenvalue weighted by Crippen LogP contribution is 2.20. The van der Waals surface area contributed by atoms with Crippen LogP contribution < -0.4 is 10.6 Å². The Bertz CT molecular complexity index is 990. The highest BCUT2D eigenvalue weighted by Gasteiger charge is 2.28. The van der Waals surface area contributed by atoms with Gasteiger partial charge in [-0.05, 0) is 44.9 Å². The zero-order chi connectivity index (χ0) is 22.8. The van der Waals surface area contributed by atoms with Gasteiger partial charge in [-0.2, -0.15) is 5.10 Å². The molecular weight excluding hydrogens is 412 g/mol. The number of piperazine rings is 1. The molecule has 0 aromatic carbocycles. The maximum absolute atomic E-state index is 12.8. The lowest BCUT2D eigenvalue weighted by Crippen LogP contribution is -2.52. The quantitative estimate of drug-likeness (QED) is 0.713. The van der Waals surface area contributed by atoms with Gasteiger partial charge in [-0.3, -0.25) is 19.7 Å². The first-order valence-electron chi connectivity index (χ1n) is 11.0. The predicted molar refractivity (Wildman–Crippen MR) is 116 cm³/mol. The van der Waals surface area contributed by atoms with E-state index in [-0.39, 0.29) is 30.1 Å². The molecule has 2 aromatic rings. The molecule has 2 aromatic heterocycles. The fraction of sp³-hybridized carbons (Fsp3) is 0.545. The zero-order valence-corrected chi connectivity index (χ0v) is 18.8. The van der Waals surface area contributed by atoms with E-state index in [1.807, 2.05) is 25.7 Å². The zero-order valence-electron chi connectivity index (χ0n) is 18.8. The van der Waals surface area contributed by atoms with Gasteiger partial charge in [0.05, 0.1) is 12.0 Å². The summed E-state index contributed by atoms with van der Waals surface area (Å²) in [4.78, 5) is 40.6. The summed E-state index contributed by atoms with van der Waals surface area (Å²) in [6, 6.07) is 3.42. The second kappa shape index (κ2) is 9.15. The summed E-state index contributed by atoms with van der Waals surface area (Å²) < 4.78 is 6.98. The molecule has 4 rings (SSSR count). The number of rotatable bonds is 5. The van der Waals surface area contributed by atoms with Crippen LogP contribution in [0.5, 0.6) is 0 Å². The third-order valence-electron chi connectivity index (χ3n) is 6.19. The largest absolute Gasteiger partial charge is 0.459 e. The van der Waals surface area contributed by atoms with Gasteiger partial charge in [0.1, 0.15) is 0 Å². The van der Waals surface area contributed by atoms with Gasteiger partial charge in [-0.1, -0.05) is 0 Å². The lowest BCUT2D eigenvalue weighted by atomic mass is 10.1. The first-order chi connectivity index (χ1) is 15.3. The monoisotopic (exact) mass is 442 g/mol. The van der Waals surface area contributed by atoms with Crippen LogP contribution in [-0.4, -0.2) is 69.5 Å². The number of aryl methyl sites for hydroxylation is 1. The van der Waals surface area contributed by atoms with Gasteiger partial charge in [0.15, 0.2) is 12.0 Å². The van der Waals surface area contributed by atoms with Crippen LogP contribution in [0.1, 0.15) is 53.6 Å². The molecule has 10 nitrogen and oxygen atoms in total. The molecule has 2 aliphatic heterocycles. The van der Waals surface area contributed by atoms with Crippen molar-refractivity contribution in [3.05, 3.63) is 41.1 Å². The molecule has 10 heteroatoms. The van der Waals surface area contributed by atoms with E-state index in [9.17, 15) is 14.4 Å². The fourth-order valence-corrected chi connectivity index (χ4v) is 4.41. The van der Waals surface area contributed by atoms with Crippen LogP contribution >= 0.6 is 0 Å². The number of carbonyl (C=O) groups excluding carboxylic acids is 3. The number of amides is 3. The third kappa shape index (κ3) is 4.55. The summed E-state index contributed by atoms with van der Waals surface area (Å²) in [5, 5.41) is 10.9. The molecule has 2 fully saturated rings. The molecule has 0 radical (unpaired) electrons. The van der Waals surface area contributed by atoms with Crippen molar-refractivity contribution in [2.24, 2.45) is 0 Å². The summed E-state index contributed by atoms with van der Waals surface area (Å²) in [5.41, 5.74) is 2.83. The van der Waals surface area contributed by atoms with Gasteiger partial charge in [0.2, 0.25) is 11.8 Å². The molecule has 0 saturated carbocycles. The van der Waals surface area contributed by atoms with E-state index in [2.05, 4.69) is 15.7 Å². The van der Waals surface area contributed by atoms with Crippen molar-refractivity contribution in [1.82, 2.24) is 30.2 Å². The number of hydrogen-bond acceptors (Lipinski definition) is 6. The Labute approximate surface area is 186 Å². The van der Waals surface area contributed by atoms with E-state index in [0.29, 0.717) is 51.2 Å². The molecular formula is C22H30N6O4. The van der Waals surface area contributed by atoms with Crippen molar-refractivity contribution in [3.8, 4) is 0 Å². The number of aromatic nitrogens is 2. The van der Waals surface area contributed by atoms with Crippen LogP contribution in [0.25, 0.3) is 0 Å². The molecule has 3 amide bonds. The normalized spacial score (nSPS) is 21.5. The van der Waals surface area contributed by atoms with Gasteiger partial charge in [0, 0.05) is 50.8 Å². The molecule has 0 aliphatic carbocycles. The Kier molecular flexibility index (Phi) is 6.31. The number of hydrogen-bond donors (Lipinski definition) is 2. The lowest BCUT2D eigenvalue weighted by Gasteiger charge is -2.34. The van der Waals surface area contributed by atoms with Crippen LogP contribution in [-0.2, 0) is 16.0 Å². The minimum atomic E-state index is -0.380. The smallest absolute Gasteiger partial charge is 0.289 e. The van der Waals surface area contributed by atoms with E-state index in [4.69, 9.17) is 4.42 Å². The predicted octanol–water partition coefficient (Wildman–Crippen LogP) is 0.964. The standard InChI is InChI=1S/C22H30N6O4/c1-14-13-19(29)24-22(23-14)28-16(3)17(15(2)25-28)6-7-20(30)26-8-10-27(11-9-26)21(31)18-5-4-12-32-18/h4-5,12,14,22-23H,6-11,13H2,1-3H3,(H,24,29). The first-order valence-corrected chi connectivity index (χ1v) is 11.0. The van der Waals surface area contributed by atoms with Crippen molar-refractivity contribution in [3.63, 3.8) is 0 Å². The van der Waals surface area contributed by atoms with Gasteiger partial charge in [0.25, 0.3) is 5.91 Å². The molecule has 2 N–H and O–H groups in total. The Morgan fingerprint density at radius 2 is 1.91 bits per heavy atom. The van der Waals surface area contributed by atoms with Crippen LogP contribution in [0.15, 0.2) is 22.8 Å². The minimum Gasteiger partial charge on any atom is -0.459 e. The Balaban J connectivity index is 1.32. The number of carbonyl (C=O) groups is 3. The maximum atomic E-state index is 12.8. The molecule has 2 unspecified atom stereocenters. The molecule has 0 bridgehead atoms. The molecule has 172 valence electrons. The summed E-state index contributed by atoms with van der Waals surface area (Å²) in [5.74, 6) is 0.249. The Morgan fingerprint density at radius 3 is 2.56 bits per heavy atom. The van der Waals surface area contributed by atoms with Gasteiger partial charge < -0.3 is 19.5 Å². The first kappa shape index (κ1) is 22.1. The lowest BCUT2D eigenvalue weighted by molar-refractivity contribution is -0.132. The summed E-state index contributed by atoms with van der Waals surface area (Å²) in [6.07, 6.45) is 2.50. The van der Waals surface area contributed by atoms with Crippen LogP contribution in [0.2, 0.25) is 0 Å². The van der Waals surface area contributed by atoms with Crippen molar-refractivity contribution in [2.45, 2.75) is 52.4 Å². The topological polar surface area (TPSA) is 113 Å². The highest BCUT2D eigenvalue weighted by atomic mass is 16.3. The summed E-state index contributed by atoms with van der Waals surface area (Å²) >= 11 is 0. The average Bonchev–Trinajstić information content (AvgIpc) is 3.40. The van der Waals surface area contributed by atoms with Crippen molar-refractivity contribution < 1.29 is 18.8 Å². The average molecular weight is 443 g/mol. The van der Waals surface area contributed by atoms with Crippen molar-refractivity contribution in [2.75, 3.05) is 26.2 Å². The minimum absolute atomic E-state index is 0.00444. The van der Waals surface area contributed by atoms with Gasteiger partial charge in [-0.25, -0.2) is 4.68 Å². The molecule has 2 atom stereocenters. The van der Waals surface area contributed by atoms with E-state index in [0.717, 1.165) is 17.0 Å². The fourth-order valence-electron chi connectivity index (χ4n) is 4.41. The van der Waals surface area contributed by atoms with Gasteiger partial charge in [-0.15, -0.1) is 0 Å². The van der Waals surface area contributed by atoms with E-state index < -0.39 is 0 Å². The summed E-state index contributed by atoms with van der Waals surface area (Å²) in [7, 11) is 0. The molecule has 4 heterocycles. The van der Waals surface area contributed by atoms with Crippen LogP contribution in [0.3, 0.4) is 0 Å². The molecule has 0 spiro atoms. The number of furan rings is 1. The van der Waals surface area contributed by atoms with Crippen molar-refractivity contribution >= 4 is 17.7 Å². The van der Waals surface area contributed by atoms with Crippen molar-refractivity contribution in [1.29, 1.82) is 0 Å². The van der Waals surface area contributed by atoms with Crippen LogP contribution in [0.4, 0.5) is 0 Å². The van der Waals surface area contributed by atoms with Gasteiger partial charge >= 0.3 is 0 Å². The number of nitrogens with one attached hydrogen (secondary N) is 2. The molecule has 2 saturated heterocycles. The van der Waals surface area contributed by atoms with Crippen LogP contribution in [0, 0.1) is 13.8 Å². The van der Waals surface area contributed by atoms with E-state index in [1.165, 1.54) is 6.26 Å². The number of nitrogens with zero attached hydrogens (tertiary/aromatic N) is 4. The second-order valence-corrected chi connectivity index (χ2v) is 8.49. The molecule has 2 aliphatic rings. The maximum Gasteiger partial charge on any atom is 0.289 e. The Morgan fingerprint density at radius 1 is 1.19 bits per heavy atom. The van der Waals surface area contributed by atoms with E-state index >= 15 is 0 Å². The molecule has 32 heavy (non-hydrogen) atoms. The highest BCUT2D eigenvalue weighted by molar-refractivity contribution is 5.91.